The van der Waals surface area contributed by atoms with E-state index in [0.717, 1.165) is 0 Å². The largest absolute Gasteiger partial charge is 0.396 e. The molecule has 1 aromatic rings. The summed E-state index contributed by atoms with van der Waals surface area (Å²) < 4.78 is 0. The summed E-state index contributed by atoms with van der Waals surface area (Å²) in [5, 5.41) is 9.13. The fraction of sp³-hybridized carbons (Fsp3) is 0.455. The maximum atomic E-state index is 8.61. The summed E-state index contributed by atoms with van der Waals surface area (Å²) in [4.78, 5) is 6.21. The summed E-state index contributed by atoms with van der Waals surface area (Å²) in [5.74, 6) is 0.689. The highest BCUT2D eigenvalue weighted by molar-refractivity contribution is 6.30. The average Bonchev–Trinajstić information content (AvgIpc) is 2.20. The maximum absolute atomic E-state index is 8.61. The summed E-state index contributed by atoms with van der Waals surface area (Å²) in [5.41, 5.74) is 6.40. The van der Waals surface area contributed by atoms with Gasteiger partial charge in [0.25, 0.3) is 0 Å². The molecule has 86 valence electrons. The van der Waals surface area contributed by atoms with Gasteiger partial charge in [0.2, 0.25) is 0 Å². The van der Waals surface area contributed by atoms with Crippen LogP contribution in [-0.4, -0.2) is 17.6 Å². The lowest BCUT2D eigenvalue weighted by Crippen LogP contribution is -2.33. The first-order chi connectivity index (χ1) is 7.56. The molecule has 4 nitrogen and oxygen atoms in total. The first-order valence-electron chi connectivity index (χ1n) is 5.11. The third kappa shape index (κ3) is 3.01. The third-order valence-electron chi connectivity index (χ3n) is 2.22. The number of hydrogen-bond donors (Lipinski definition) is 1. The standard InChI is InChI=1S/C11H15ClN4/c1-8(2)16(5-3-4-13)11-10(14)6-9(12)7-15-11/h6-8H,3,5,14H2,1-2H3. The number of rotatable bonds is 4. The highest BCUT2D eigenvalue weighted by atomic mass is 35.5. The van der Waals surface area contributed by atoms with Gasteiger partial charge < -0.3 is 10.6 Å². The minimum atomic E-state index is 0.240. The molecule has 2 N–H and O–H groups in total. The normalized spacial score (nSPS) is 10.2. The van der Waals surface area contributed by atoms with Crippen LogP contribution in [0.3, 0.4) is 0 Å². The van der Waals surface area contributed by atoms with Crippen molar-refractivity contribution in [3.05, 3.63) is 17.3 Å². The fourth-order valence-electron chi connectivity index (χ4n) is 1.47. The van der Waals surface area contributed by atoms with Crippen LogP contribution in [0.5, 0.6) is 0 Å². The van der Waals surface area contributed by atoms with Crippen molar-refractivity contribution in [2.45, 2.75) is 26.3 Å². The topological polar surface area (TPSA) is 65.9 Å². The molecule has 0 bridgehead atoms. The second kappa shape index (κ2) is 5.57. The van der Waals surface area contributed by atoms with Crippen molar-refractivity contribution in [2.24, 2.45) is 0 Å². The number of nitrogen functional groups attached to an aromatic ring is 1. The van der Waals surface area contributed by atoms with Crippen LogP contribution in [0.25, 0.3) is 0 Å². The lowest BCUT2D eigenvalue weighted by atomic mass is 10.2. The van der Waals surface area contributed by atoms with E-state index in [1.807, 2.05) is 18.7 Å². The molecular formula is C11H15ClN4. The molecule has 16 heavy (non-hydrogen) atoms. The van der Waals surface area contributed by atoms with E-state index in [1.165, 1.54) is 0 Å². The van der Waals surface area contributed by atoms with Gasteiger partial charge in [-0.1, -0.05) is 11.6 Å². The summed E-state index contributed by atoms with van der Waals surface area (Å²) in [7, 11) is 0. The molecule has 0 atom stereocenters. The van der Waals surface area contributed by atoms with Gasteiger partial charge in [0, 0.05) is 18.8 Å². The van der Waals surface area contributed by atoms with Crippen molar-refractivity contribution in [3.8, 4) is 6.07 Å². The molecule has 1 rings (SSSR count). The van der Waals surface area contributed by atoms with Gasteiger partial charge >= 0.3 is 0 Å². The van der Waals surface area contributed by atoms with Crippen LogP contribution in [0, 0.1) is 11.3 Å². The second-order valence-corrected chi connectivity index (χ2v) is 4.20. The van der Waals surface area contributed by atoms with Crippen molar-refractivity contribution in [2.75, 3.05) is 17.2 Å². The van der Waals surface area contributed by atoms with Crippen molar-refractivity contribution < 1.29 is 0 Å². The zero-order valence-corrected chi connectivity index (χ0v) is 10.2. The van der Waals surface area contributed by atoms with Crippen LogP contribution >= 0.6 is 11.6 Å². The Bertz CT molecular complexity index is 397. The Morgan fingerprint density at radius 1 is 1.62 bits per heavy atom. The van der Waals surface area contributed by atoms with Gasteiger partial charge in [-0.05, 0) is 19.9 Å². The minimum Gasteiger partial charge on any atom is -0.396 e. The number of aromatic nitrogens is 1. The van der Waals surface area contributed by atoms with Crippen molar-refractivity contribution in [3.63, 3.8) is 0 Å². The molecule has 0 radical (unpaired) electrons. The van der Waals surface area contributed by atoms with Crippen LogP contribution in [0.1, 0.15) is 20.3 Å². The Balaban J connectivity index is 2.97. The van der Waals surface area contributed by atoms with E-state index in [1.54, 1.807) is 12.3 Å². The van der Waals surface area contributed by atoms with Crippen molar-refractivity contribution in [1.82, 2.24) is 4.98 Å². The highest BCUT2D eigenvalue weighted by Crippen LogP contribution is 2.24. The highest BCUT2D eigenvalue weighted by Gasteiger charge is 2.14. The Labute approximate surface area is 101 Å². The lowest BCUT2D eigenvalue weighted by Gasteiger charge is -2.28. The smallest absolute Gasteiger partial charge is 0.152 e. The van der Waals surface area contributed by atoms with E-state index in [9.17, 15) is 0 Å². The molecule has 0 saturated carbocycles. The SMILES string of the molecule is CC(C)N(CCC#N)c1ncc(Cl)cc1N. The first-order valence-corrected chi connectivity index (χ1v) is 5.48. The van der Waals surface area contributed by atoms with Crippen LogP contribution < -0.4 is 10.6 Å². The lowest BCUT2D eigenvalue weighted by molar-refractivity contribution is 0.678. The second-order valence-electron chi connectivity index (χ2n) is 3.76. The zero-order chi connectivity index (χ0) is 12.1. The number of nitriles is 1. The quantitative estimate of drug-likeness (QED) is 0.875. The molecule has 0 amide bonds. The molecule has 0 fully saturated rings. The van der Waals surface area contributed by atoms with Gasteiger partial charge in [0.15, 0.2) is 5.82 Å². The maximum Gasteiger partial charge on any atom is 0.152 e. The van der Waals surface area contributed by atoms with E-state index < -0.39 is 0 Å². The van der Waals surface area contributed by atoms with E-state index >= 15 is 0 Å². The van der Waals surface area contributed by atoms with Gasteiger partial charge in [-0.15, -0.1) is 0 Å². The molecule has 0 unspecified atom stereocenters. The van der Waals surface area contributed by atoms with Crippen molar-refractivity contribution >= 4 is 23.1 Å². The van der Waals surface area contributed by atoms with E-state index in [-0.39, 0.29) is 6.04 Å². The number of pyridine rings is 1. The van der Waals surface area contributed by atoms with Crippen LogP contribution in [-0.2, 0) is 0 Å². The molecular weight excluding hydrogens is 224 g/mol. The summed E-state index contributed by atoms with van der Waals surface area (Å²) in [6, 6.07) is 4.03. The van der Waals surface area contributed by atoms with E-state index in [2.05, 4.69) is 11.1 Å². The Hall–Kier alpha value is -1.47. The number of anilines is 2. The molecule has 0 aromatic carbocycles. The van der Waals surface area contributed by atoms with Gasteiger partial charge in [0.1, 0.15) is 0 Å². The monoisotopic (exact) mass is 238 g/mol. The van der Waals surface area contributed by atoms with E-state index in [4.69, 9.17) is 22.6 Å². The predicted octanol–water partition coefficient (Wildman–Crippen LogP) is 2.45. The van der Waals surface area contributed by atoms with Gasteiger partial charge in [0.05, 0.1) is 23.2 Å². The molecule has 0 aliphatic rings. The number of hydrogen-bond acceptors (Lipinski definition) is 4. The van der Waals surface area contributed by atoms with Gasteiger partial charge in [-0.25, -0.2) is 4.98 Å². The number of nitrogens with zero attached hydrogens (tertiary/aromatic N) is 3. The summed E-state index contributed by atoms with van der Waals surface area (Å²) in [6.07, 6.45) is 2.01. The van der Waals surface area contributed by atoms with Gasteiger partial charge in [-0.3, -0.25) is 0 Å². The molecule has 0 aliphatic carbocycles. The molecule has 1 heterocycles. The fourth-order valence-corrected chi connectivity index (χ4v) is 1.63. The van der Waals surface area contributed by atoms with E-state index in [0.29, 0.717) is 29.5 Å². The molecule has 1 aromatic heterocycles. The Morgan fingerprint density at radius 3 is 2.81 bits per heavy atom. The Morgan fingerprint density at radius 2 is 2.31 bits per heavy atom. The van der Waals surface area contributed by atoms with Crippen LogP contribution in [0.4, 0.5) is 11.5 Å². The van der Waals surface area contributed by atoms with Crippen LogP contribution in [0.15, 0.2) is 12.3 Å². The summed E-state index contributed by atoms with van der Waals surface area (Å²) >= 11 is 5.79. The molecule has 5 heteroatoms. The average molecular weight is 239 g/mol. The third-order valence-corrected chi connectivity index (χ3v) is 2.43. The van der Waals surface area contributed by atoms with Crippen molar-refractivity contribution in [1.29, 1.82) is 5.26 Å². The van der Waals surface area contributed by atoms with Gasteiger partial charge in [-0.2, -0.15) is 5.26 Å². The minimum absolute atomic E-state index is 0.240. The Kier molecular flexibility index (Phi) is 4.39. The number of nitrogens with two attached hydrogens (primary N) is 1. The first kappa shape index (κ1) is 12.6. The predicted molar refractivity (Wildman–Crippen MR) is 66.4 cm³/mol. The number of halogens is 1. The molecule has 0 aliphatic heterocycles. The zero-order valence-electron chi connectivity index (χ0n) is 9.44. The molecule has 0 spiro atoms. The molecule has 0 saturated heterocycles. The summed E-state index contributed by atoms with van der Waals surface area (Å²) in [6.45, 7) is 4.69. The van der Waals surface area contributed by atoms with Crippen LogP contribution in [0.2, 0.25) is 5.02 Å².